The van der Waals surface area contributed by atoms with E-state index in [1.165, 1.54) is 12.8 Å². The summed E-state index contributed by atoms with van der Waals surface area (Å²) in [5, 5.41) is 12.3. The predicted molar refractivity (Wildman–Crippen MR) is 79.6 cm³/mol. The number of ether oxygens (including phenoxy) is 1. The van der Waals surface area contributed by atoms with E-state index in [-0.39, 0.29) is 6.10 Å². The number of hydrogen-bond donors (Lipinski definition) is 1. The Bertz CT molecular complexity index is 353. The molecule has 3 nitrogen and oxygen atoms in total. The highest BCUT2D eigenvalue weighted by atomic mass is 32.1. The summed E-state index contributed by atoms with van der Waals surface area (Å²) in [5.41, 5.74) is 0. The summed E-state index contributed by atoms with van der Waals surface area (Å²) in [4.78, 5) is 3.56. The Labute approximate surface area is 120 Å². The Morgan fingerprint density at radius 1 is 1.53 bits per heavy atom. The maximum Gasteiger partial charge on any atom is 0.0896 e. The average Bonchev–Trinajstić information content (AvgIpc) is 3.00. The van der Waals surface area contributed by atoms with Crippen LogP contribution < -0.4 is 0 Å². The van der Waals surface area contributed by atoms with Gasteiger partial charge in [0.2, 0.25) is 0 Å². The zero-order valence-electron chi connectivity index (χ0n) is 11.9. The highest BCUT2D eigenvalue weighted by Crippen LogP contribution is 2.29. The molecule has 1 aromatic rings. The van der Waals surface area contributed by atoms with Gasteiger partial charge in [-0.2, -0.15) is 0 Å². The molecule has 2 heterocycles. The average molecular weight is 283 g/mol. The highest BCUT2D eigenvalue weighted by Gasteiger charge is 2.27. The molecule has 2 atom stereocenters. The van der Waals surface area contributed by atoms with Crippen LogP contribution in [0.5, 0.6) is 0 Å². The quantitative estimate of drug-likeness (QED) is 0.835. The topological polar surface area (TPSA) is 32.7 Å². The molecule has 1 fully saturated rings. The van der Waals surface area contributed by atoms with Crippen molar-refractivity contribution in [2.45, 2.75) is 51.4 Å². The van der Waals surface area contributed by atoms with Gasteiger partial charge in [0.25, 0.3) is 0 Å². The van der Waals surface area contributed by atoms with Crippen LogP contribution in [0.1, 0.15) is 44.1 Å². The minimum absolute atomic E-state index is 0.303. The fourth-order valence-corrected chi connectivity index (χ4v) is 3.44. The lowest BCUT2D eigenvalue weighted by atomic mass is 10.1. The Morgan fingerprint density at radius 2 is 2.37 bits per heavy atom. The maximum absolute atomic E-state index is 10.3. The molecule has 0 aliphatic carbocycles. The van der Waals surface area contributed by atoms with Crippen molar-refractivity contribution in [2.24, 2.45) is 0 Å². The van der Waals surface area contributed by atoms with Gasteiger partial charge >= 0.3 is 0 Å². The van der Waals surface area contributed by atoms with Crippen molar-refractivity contribution in [2.75, 3.05) is 19.7 Å². The summed E-state index contributed by atoms with van der Waals surface area (Å²) in [6.45, 7) is 7.07. The second kappa shape index (κ2) is 7.39. The highest BCUT2D eigenvalue weighted by molar-refractivity contribution is 7.10. The largest absolute Gasteiger partial charge is 0.388 e. The van der Waals surface area contributed by atoms with Crippen LogP contribution in [0.2, 0.25) is 0 Å². The van der Waals surface area contributed by atoms with Crippen molar-refractivity contribution >= 4 is 11.3 Å². The van der Waals surface area contributed by atoms with E-state index < -0.39 is 0 Å². The molecule has 19 heavy (non-hydrogen) atoms. The summed E-state index contributed by atoms with van der Waals surface area (Å²) in [6, 6.07) is 4.54. The Kier molecular flexibility index (Phi) is 5.82. The van der Waals surface area contributed by atoms with E-state index in [2.05, 4.69) is 18.7 Å². The lowest BCUT2D eigenvalue weighted by Crippen LogP contribution is -2.34. The molecule has 1 aliphatic heterocycles. The molecule has 2 rings (SSSR count). The van der Waals surface area contributed by atoms with Gasteiger partial charge < -0.3 is 9.84 Å². The van der Waals surface area contributed by atoms with E-state index in [1.807, 2.05) is 17.5 Å². The fraction of sp³-hybridized carbons (Fsp3) is 0.733. The summed E-state index contributed by atoms with van der Waals surface area (Å²) >= 11 is 1.64. The molecule has 1 saturated heterocycles. The smallest absolute Gasteiger partial charge is 0.0896 e. The second-order valence-electron chi connectivity index (χ2n) is 5.52. The fourth-order valence-electron chi connectivity index (χ4n) is 2.72. The number of hydrogen-bond acceptors (Lipinski definition) is 4. The van der Waals surface area contributed by atoms with E-state index in [1.54, 1.807) is 11.3 Å². The lowest BCUT2D eigenvalue weighted by Gasteiger charge is -2.26. The van der Waals surface area contributed by atoms with Gasteiger partial charge in [-0.05, 0) is 51.1 Å². The van der Waals surface area contributed by atoms with Crippen LogP contribution in [0.3, 0.4) is 0 Å². The Balaban J connectivity index is 1.78. The van der Waals surface area contributed by atoms with Crippen molar-refractivity contribution in [1.82, 2.24) is 4.90 Å². The third-order valence-corrected chi connectivity index (χ3v) is 4.67. The summed E-state index contributed by atoms with van der Waals surface area (Å²) in [6.07, 6.45) is 3.28. The predicted octanol–water partition coefficient (Wildman–Crippen LogP) is 3.06. The van der Waals surface area contributed by atoms with Crippen molar-refractivity contribution in [1.29, 1.82) is 0 Å². The van der Waals surface area contributed by atoms with E-state index in [0.717, 1.165) is 31.0 Å². The van der Waals surface area contributed by atoms with Crippen molar-refractivity contribution < 1.29 is 9.84 Å². The van der Waals surface area contributed by atoms with Crippen LogP contribution in [-0.2, 0) is 4.74 Å². The second-order valence-corrected chi connectivity index (χ2v) is 6.50. The summed E-state index contributed by atoms with van der Waals surface area (Å²) < 4.78 is 5.63. The summed E-state index contributed by atoms with van der Waals surface area (Å²) in [7, 11) is 0. The first-order chi connectivity index (χ1) is 9.16. The normalized spacial score (nSPS) is 22.2. The van der Waals surface area contributed by atoms with E-state index in [0.29, 0.717) is 12.1 Å². The number of likely N-dealkylation sites (tertiary alicyclic amines) is 1. The van der Waals surface area contributed by atoms with Crippen LogP contribution >= 0.6 is 11.3 Å². The molecule has 0 amide bonds. The molecule has 0 saturated carbocycles. The van der Waals surface area contributed by atoms with Gasteiger partial charge in [-0.1, -0.05) is 6.07 Å². The number of nitrogens with zero attached hydrogens (tertiary/aromatic N) is 1. The molecular weight excluding hydrogens is 258 g/mol. The van der Waals surface area contributed by atoms with Crippen LogP contribution in [-0.4, -0.2) is 41.8 Å². The van der Waals surface area contributed by atoms with Crippen LogP contribution in [0.4, 0.5) is 0 Å². The molecule has 2 unspecified atom stereocenters. The van der Waals surface area contributed by atoms with Gasteiger partial charge in [-0.25, -0.2) is 0 Å². The molecule has 0 spiro atoms. The van der Waals surface area contributed by atoms with Crippen LogP contribution in [0.25, 0.3) is 0 Å². The molecule has 4 heteroatoms. The number of aliphatic hydroxyl groups excluding tert-OH is 1. The Hall–Kier alpha value is -0.420. The molecule has 0 bridgehead atoms. The van der Waals surface area contributed by atoms with E-state index in [4.69, 9.17) is 4.74 Å². The molecule has 1 aromatic heterocycles. The monoisotopic (exact) mass is 283 g/mol. The summed E-state index contributed by atoms with van der Waals surface area (Å²) in [5.74, 6) is 0. The molecule has 108 valence electrons. The molecule has 0 radical (unpaired) electrons. The van der Waals surface area contributed by atoms with Crippen molar-refractivity contribution in [3.05, 3.63) is 22.4 Å². The first-order valence-electron chi connectivity index (χ1n) is 7.24. The van der Waals surface area contributed by atoms with Crippen molar-refractivity contribution in [3.63, 3.8) is 0 Å². The first kappa shape index (κ1) is 15.0. The molecule has 0 aromatic carbocycles. The third-order valence-electron chi connectivity index (χ3n) is 3.70. The van der Waals surface area contributed by atoms with Gasteiger partial charge in [0.1, 0.15) is 0 Å². The molecular formula is C15H25NO2S. The van der Waals surface area contributed by atoms with Gasteiger partial charge in [-0.3, -0.25) is 4.90 Å². The van der Waals surface area contributed by atoms with E-state index >= 15 is 0 Å². The molecule has 1 aliphatic rings. The van der Waals surface area contributed by atoms with Gasteiger partial charge in [-0.15, -0.1) is 11.3 Å². The van der Waals surface area contributed by atoms with E-state index in [9.17, 15) is 5.11 Å². The van der Waals surface area contributed by atoms with Crippen molar-refractivity contribution in [3.8, 4) is 0 Å². The zero-order chi connectivity index (χ0) is 13.7. The number of aliphatic hydroxyl groups is 1. The lowest BCUT2D eigenvalue weighted by molar-refractivity contribution is 0.0488. The minimum Gasteiger partial charge on any atom is -0.388 e. The number of rotatable bonds is 7. The maximum atomic E-state index is 10.3. The Morgan fingerprint density at radius 3 is 3.05 bits per heavy atom. The SMILES string of the molecule is CC(C)OCCN1CCCC1CC(O)c1cccs1. The standard InChI is InChI=1S/C15H25NO2S/c1-12(2)18-9-8-16-7-3-5-13(16)11-14(17)15-6-4-10-19-15/h4,6,10,12-14,17H,3,5,7-9,11H2,1-2H3. The first-order valence-corrected chi connectivity index (χ1v) is 8.12. The van der Waals surface area contributed by atoms with Crippen LogP contribution in [0, 0.1) is 0 Å². The van der Waals surface area contributed by atoms with Gasteiger partial charge in [0.05, 0.1) is 18.8 Å². The van der Waals surface area contributed by atoms with Gasteiger partial charge in [0.15, 0.2) is 0 Å². The third kappa shape index (κ3) is 4.56. The van der Waals surface area contributed by atoms with Gasteiger partial charge in [0, 0.05) is 17.5 Å². The molecule has 1 N–H and O–H groups in total. The van der Waals surface area contributed by atoms with Crippen LogP contribution in [0.15, 0.2) is 17.5 Å². The zero-order valence-corrected chi connectivity index (χ0v) is 12.7. The number of thiophene rings is 1. The minimum atomic E-state index is -0.309.